The summed E-state index contributed by atoms with van der Waals surface area (Å²) in [6.07, 6.45) is 3.74. The van der Waals surface area contributed by atoms with E-state index >= 15 is 0 Å². The number of benzene rings is 1. The van der Waals surface area contributed by atoms with Crippen molar-refractivity contribution in [1.82, 2.24) is 10.2 Å². The second kappa shape index (κ2) is 8.34. The fourth-order valence-electron chi connectivity index (χ4n) is 2.89. The molecule has 128 valence electrons. The Balaban J connectivity index is 1.84. The van der Waals surface area contributed by atoms with E-state index in [2.05, 4.69) is 60.4 Å². The first-order chi connectivity index (χ1) is 11.1. The topological polar surface area (TPSA) is 36.9 Å². The lowest BCUT2D eigenvalue weighted by Crippen LogP contribution is -2.41. The molecule has 0 aromatic heterocycles. The quantitative estimate of drug-likeness (QED) is 0.454. The van der Waals surface area contributed by atoms with Gasteiger partial charge < -0.3 is 15.0 Å². The van der Waals surface area contributed by atoms with Crippen molar-refractivity contribution < 1.29 is 4.74 Å². The van der Waals surface area contributed by atoms with E-state index in [4.69, 9.17) is 4.74 Å². The number of guanidine groups is 1. The Hall–Kier alpha value is -1.55. The highest BCUT2D eigenvalue weighted by Gasteiger charge is 2.42. The van der Waals surface area contributed by atoms with Gasteiger partial charge in [0.2, 0.25) is 0 Å². The zero-order chi connectivity index (χ0) is 16.7. The van der Waals surface area contributed by atoms with Crippen LogP contribution in [0.15, 0.2) is 29.3 Å². The van der Waals surface area contributed by atoms with Crippen LogP contribution in [0.1, 0.15) is 37.3 Å². The van der Waals surface area contributed by atoms with Crippen molar-refractivity contribution in [2.45, 2.75) is 39.7 Å². The Morgan fingerprint density at radius 3 is 2.70 bits per heavy atom. The van der Waals surface area contributed by atoms with E-state index in [0.29, 0.717) is 5.41 Å². The van der Waals surface area contributed by atoms with Crippen LogP contribution >= 0.6 is 0 Å². The minimum Gasteiger partial charge on any atom is -0.382 e. The van der Waals surface area contributed by atoms with Crippen LogP contribution in [0.5, 0.6) is 0 Å². The highest BCUT2D eigenvalue weighted by atomic mass is 16.5. The van der Waals surface area contributed by atoms with Crippen LogP contribution in [0, 0.1) is 12.3 Å². The number of aliphatic imine (C=N–C) groups is 1. The Morgan fingerprint density at radius 1 is 1.35 bits per heavy atom. The van der Waals surface area contributed by atoms with Gasteiger partial charge in [-0.05, 0) is 49.7 Å². The third kappa shape index (κ3) is 5.24. The van der Waals surface area contributed by atoms with Gasteiger partial charge in [-0.15, -0.1) is 0 Å². The van der Waals surface area contributed by atoms with Crippen LogP contribution in [-0.4, -0.2) is 44.7 Å². The van der Waals surface area contributed by atoms with Gasteiger partial charge in [0.05, 0.1) is 0 Å². The zero-order valence-corrected chi connectivity index (χ0v) is 15.1. The molecule has 0 atom stereocenters. The number of nitrogens with one attached hydrogen (secondary N) is 1. The van der Waals surface area contributed by atoms with Crippen LogP contribution in [0.3, 0.4) is 0 Å². The largest absolute Gasteiger partial charge is 0.382 e. The van der Waals surface area contributed by atoms with Crippen molar-refractivity contribution in [2.75, 3.05) is 33.9 Å². The fourth-order valence-corrected chi connectivity index (χ4v) is 2.89. The molecule has 1 aliphatic rings. The van der Waals surface area contributed by atoms with E-state index in [-0.39, 0.29) is 0 Å². The van der Waals surface area contributed by atoms with Gasteiger partial charge in [-0.1, -0.05) is 24.3 Å². The predicted molar refractivity (Wildman–Crippen MR) is 96.8 cm³/mol. The van der Waals surface area contributed by atoms with Crippen LogP contribution in [0.4, 0.5) is 0 Å². The SMILES string of the molecule is CCOCCC1(CNC(=NC)N(C)Cc2ccccc2C)CC1. The van der Waals surface area contributed by atoms with Crippen molar-refractivity contribution in [3.63, 3.8) is 0 Å². The summed E-state index contributed by atoms with van der Waals surface area (Å²) >= 11 is 0. The summed E-state index contributed by atoms with van der Waals surface area (Å²) in [6, 6.07) is 8.52. The minimum atomic E-state index is 0.425. The van der Waals surface area contributed by atoms with Gasteiger partial charge in [-0.25, -0.2) is 0 Å². The van der Waals surface area contributed by atoms with Crippen LogP contribution in [0.2, 0.25) is 0 Å². The van der Waals surface area contributed by atoms with E-state index in [1.807, 2.05) is 7.05 Å². The molecule has 1 saturated carbocycles. The molecular weight excluding hydrogens is 286 g/mol. The molecule has 0 aliphatic heterocycles. The summed E-state index contributed by atoms with van der Waals surface area (Å²) in [5.74, 6) is 0.968. The second-order valence-corrected chi connectivity index (χ2v) is 6.63. The monoisotopic (exact) mass is 317 g/mol. The maximum atomic E-state index is 5.51. The fraction of sp³-hybridized carbons (Fsp3) is 0.632. The van der Waals surface area contributed by atoms with E-state index in [1.165, 1.54) is 24.0 Å². The van der Waals surface area contributed by atoms with E-state index in [1.54, 1.807) is 0 Å². The summed E-state index contributed by atoms with van der Waals surface area (Å²) in [6.45, 7) is 7.76. The molecule has 0 bridgehead atoms. The molecule has 1 fully saturated rings. The number of ether oxygens (including phenoxy) is 1. The number of rotatable bonds is 8. The van der Waals surface area contributed by atoms with E-state index in [0.717, 1.165) is 38.7 Å². The normalized spacial score (nSPS) is 16.3. The maximum Gasteiger partial charge on any atom is 0.193 e. The molecule has 1 aliphatic carbocycles. The van der Waals surface area contributed by atoms with Gasteiger partial charge in [-0.3, -0.25) is 4.99 Å². The summed E-state index contributed by atoms with van der Waals surface area (Å²) < 4.78 is 5.51. The average Bonchev–Trinajstić information content (AvgIpc) is 3.31. The van der Waals surface area contributed by atoms with E-state index in [9.17, 15) is 0 Å². The molecule has 4 nitrogen and oxygen atoms in total. The smallest absolute Gasteiger partial charge is 0.193 e. The third-order valence-electron chi connectivity index (χ3n) is 4.80. The highest BCUT2D eigenvalue weighted by Crippen LogP contribution is 2.48. The second-order valence-electron chi connectivity index (χ2n) is 6.63. The first-order valence-corrected chi connectivity index (χ1v) is 8.64. The third-order valence-corrected chi connectivity index (χ3v) is 4.80. The summed E-state index contributed by atoms with van der Waals surface area (Å²) in [4.78, 5) is 6.64. The Bertz CT molecular complexity index is 523. The molecule has 23 heavy (non-hydrogen) atoms. The first kappa shape index (κ1) is 17.8. The van der Waals surface area contributed by atoms with Crippen molar-refractivity contribution in [1.29, 1.82) is 0 Å². The molecule has 0 spiro atoms. The number of aryl methyl sites for hydroxylation is 1. The molecule has 0 heterocycles. The molecule has 0 unspecified atom stereocenters. The molecule has 0 radical (unpaired) electrons. The molecule has 4 heteroatoms. The predicted octanol–water partition coefficient (Wildman–Crippen LogP) is 3.21. The van der Waals surface area contributed by atoms with Gasteiger partial charge in [0.25, 0.3) is 0 Å². The van der Waals surface area contributed by atoms with Crippen LogP contribution in [-0.2, 0) is 11.3 Å². The Kier molecular flexibility index (Phi) is 6.46. The first-order valence-electron chi connectivity index (χ1n) is 8.64. The van der Waals surface area contributed by atoms with Gasteiger partial charge in [0.15, 0.2) is 5.96 Å². The number of hydrogen-bond acceptors (Lipinski definition) is 2. The highest BCUT2D eigenvalue weighted by molar-refractivity contribution is 5.79. The minimum absolute atomic E-state index is 0.425. The van der Waals surface area contributed by atoms with Crippen molar-refractivity contribution in [3.05, 3.63) is 35.4 Å². The number of hydrogen-bond donors (Lipinski definition) is 1. The van der Waals surface area contributed by atoms with Gasteiger partial charge in [0, 0.05) is 40.4 Å². The van der Waals surface area contributed by atoms with Gasteiger partial charge >= 0.3 is 0 Å². The average molecular weight is 317 g/mol. The standard InChI is InChI=1S/C19H31N3O/c1-5-23-13-12-19(10-11-19)15-21-18(20-3)22(4)14-17-9-7-6-8-16(17)2/h6-9H,5,10-15H2,1-4H3,(H,20,21). The lowest BCUT2D eigenvalue weighted by molar-refractivity contribution is 0.128. The lowest BCUT2D eigenvalue weighted by Gasteiger charge is -2.25. The summed E-state index contributed by atoms with van der Waals surface area (Å²) in [5, 5.41) is 3.56. The maximum absolute atomic E-state index is 5.51. The molecule has 2 rings (SSSR count). The molecule has 0 amide bonds. The summed E-state index contributed by atoms with van der Waals surface area (Å²) in [7, 11) is 3.96. The molecule has 1 aromatic carbocycles. The molecule has 0 saturated heterocycles. The van der Waals surface area contributed by atoms with Gasteiger partial charge in [-0.2, -0.15) is 0 Å². The molecule has 1 aromatic rings. The van der Waals surface area contributed by atoms with Crippen molar-refractivity contribution in [3.8, 4) is 0 Å². The van der Waals surface area contributed by atoms with Crippen LogP contribution < -0.4 is 5.32 Å². The van der Waals surface area contributed by atoms with Crippen LogP contribution in [0.25, 0.3) is 0 Å². The Morgan fingerprint density at radius 2 is 2.09 bits per heavy atom. The molecule has 1 N–H and O–H groups in total. The van der Waals surface area contributed by atoms with E-state index < -0.39 is 0 Å². The van der Waals surface area contributed by atoms with Gasteiger partial charge in [0.1, 0.15) is 0 Å². The summed E-state index contributed by atoms with van der Waals surface area (Å²) in [5.41, 5.74) is 3.09. The Labute approximate surface area is 140 Å². The van der Waals surface area contributed by atoms with Crippen molar-refractivity contribution in [2.24, 2.45) is 10.4 Å². The van der Waals surface area contributed by atoms with Crippen molar-refractivity contribution >= 4 is 5.96 Å². The molecular formula is C19H31N3O. The number of nitrogens with zero attached hydrogens (tertiary/aromatic N) is 2. The lowest BCUT2D eigenvalue weighted by atomic mass is 10.0. The zero-order valence-electron chi connectivity index (χ0n) is 15.1.